The topological polar surface area (TPSA) is 57.4 Å². The van der Waals surface area contributed by atoms with Crippen LogP contribution in [-0.4, -0.2) is 12.1 Å². The van der Waals surface area contributed by atoms with Crippen molar-refractivity contribution in [3.8, 4) is 17.4 Å². The molecule has 0 atom stereocenters. The number of methoxy groups -OCH3 is 1. The van der Waals surface area contributed by atoms with E-state index in [0.29, 0.717) is 28.9 Å². The molecule has 1 aromatic carbocycles. The average molecular weight is 265 g/mol. The summed E-state index contributed by atoms with van der Waals surface area (Å²) in [6.45, 7) is 0.454. The molecule has 0 saturated heterocycles. The molecule has 5 heteroatoms. The molecular weight excluding hydrogens is 252 g/mol. The minimum absolute atomic E-state index is 0.454. The van der Waals surface area contributed by atoms with Crippen LogP contribution < -0.4 is 15.2 Å². The molecule has 2 aromatic rings. The molecule has 0 spiro atoms. The molecule has 1 heterocycles. The molecule has 4 nitrogen and oxygen atoms in total. The Morgan fingerprint density at radius 2 is 2.06 bits per heavy atom. The fraction of sp³-hybridized carbons (Fsp3) is 0.154. The van der Waals surface area contributed by atoms with E-state index in [0.717, 1.165) is 5.56 Å². The maximum atomic E-state index is 5.76. The summed E-state index contributed by atoms with van der Waals surface area (Å²) in [7, 11) is 1.58. The van der Waals surface area contributed by atoms with Crippen LogP contribution in [0.3, 0.4) is 0 Å². The predicted octanol–water partition coefficient (Wildman–Crippen LogP) is 2.99. The molecule has 0 aliphatic rings. The molecule has 0 aliphatic carbocycles. The van der Waals surface area contributed by atoms with E-state index in [9.17, 15) is 0 Å². The zero-order chi connectivity index (χ0) is 13.0. The highest BCUT2D eigenvalue weighted by Gasteiger charge is 2.07. The Kier molecular flexibility index (Phi) is 4.02. The van der Waals surface area contributed by atoms with E-state index in [1.165, 1.54) is 6.20 Å². The standard InChI is InChI=1S/C13H13ClN2O2/c1-17-12-6-9(7-15)2-4-11(12)18-13-5-3-10(14)8-16-13/h2-6,8H,7,15H2,1H3. The molecule has 0 unspecified atom stereocenters. The van der Waals surface area contributed by atoms with E-state index in [-0.39, 0.29) is 0 Å². The first-order chi connectivity index (χ1) is 8.72. The zero-order valence-electron chi connectivity index (χ0n) is 9.89. The number of pyridine rings is 1. The van der Waals surface area contributed by atoms with Crippen LogP contribution in [0, 0.1) is 0 Å². The number of ether oxygens (including phenoxy) is 2. The third kappa shape index (κ3) is 2.91. The van der Waals surface area contributed by atoms with Crippen molar-refractivity contribution in [2.45, 2.75) is 6.54 Å². The summed E-state index contributed by atoms with van der Waals surface area (Å²) in [5.74, 6) is 1.66. The molecule has 0 radical (unpaired) electrons. The molecule has 0 bridgehead atoms. The minimum atomic E-state index is 0.454. The quantitative estimate of drug-likeness (QED) is 0.922. The first-order valence-corrected chi connectivity index (χ1v) is 5.77. The molecule has 0 saturated carbocycles. The van der Waals surface area contributed by atoms with Gasteiger partial charge in [0.1, 0.15) is 0 Å². The van der Waals surface area contributed by atoms with Crippen LogP contribution in [0.4, 0.5) is 0 Å². The van der Waals surface area contributed by atoms with Crippen molar-refractivity contribution < 1.29 is 9.47 Å². The highest BCUT2D eigenvalue weighted by molar-refractivity contribution is 6.30. The van der Waals surface area contributed by atoms with Gasteiger partial charge in [-0.25, -0.2) is 4.98 Å². The second-order valence-electron chi connectivity index (χ2n) is 3.61. The number of hydrogen-bond acceptors (Lipinski definition) is 4. The number of rotatable bonds is 4. The Bertz CT molecular complexity index is 529. The van der Waals surface area contributed by atoms with Gasteiger partial charge in [0.15, 0.2) is 11.5 Å². The number of aromatic nitrogens is 1. The van der Waals surface area contributed by atoms with Crippen LogP contribution in [0.25, 0.3) is 0 Å². The molecule has 18 heavy (non-hydrogen) atoms. The number of halogens is 1. The summed E-state index contributed by atoms with van der Waals surface area (Å²) in [6, 6.07) is 8.93. The van der Waals surface area contributed by atoms with Gasteiger partial charge in [-0.3, -0.25) is 0 Å². The number of benzene rings is 1. The zero-order valence-corrected chi connectivity index (χ0v) is 10.6. The molecule has 2 rings (SSSR count). The van der Waals surface area contributed by atoms with Crippen molar-refractivity contribution >= 4 is 11.6 Å². The molecule has 0 aliphatic heterocycles. The van der Waals surface area contributed by atoms with E-state index in [1.54, 1.807) is 25.3 Å². The van der Waals surface area contributed by atoms with E-state index in [1.807, 2.05) is 12.1 Å². The van der Waals surface area contributed by atoms with Crippen molar-refractivity contribution in [1.82, 2.24) is 4.98 Å². The second-order valence-corrected chi connectivity index (χ2v) is 4.04. The molecule has 94 valence electrons. The van der Waals surface area contributed by atoms with Crippen LogP contribution >= 0.6 is 11.6 Å². The van der Waals surface area contributed by atoms with Crippen LogP contribution in [0.1, 0.15) is 5.56 Å². The number of nitrogens with two attached hydrogens (primary N) is 1. The fourth-order valence-corrected chi connectivity index (χ4v) is 1.57. The Balaban J connectivity index is 2.25. The van der Waals surface area contributed by atoms with Gasteiger partial charge < -0.3 is 15.2 Å². The summed E-state index contributed by atoms with van der Waals surface area (Å²) < 4.78 is 10.9. The number of nitrogens with zero attached hydrogens (tertiary/aromatic N) is 1. The summed E-state index contributed by atoms with van der Waals surface area (Å²) in [6.07, 6.45) is 1.53. The van der Waals surface area contributed by atoms with E-state index >= 15 is 0 Å². The lowest BCUT2D eigenvalue weighted by Gasteiger charge is -2.10. The van der Waals surface area contributed by atoms with E-state index in [4.69, 9.17) is 26.8 Å². The monoisotopic (exact) mass is 264 g/mol. The highest BCUT2D eigenvalue weighted by atomic mass is 35.5. The maximum absolute atomic E-state index is 5.76. The van der Waals surface area contributed by atoms with Crippen LogP contribution in [0.15, 0.2) is 36.5 Å². The van der Waals surface area contributed by atoms with Gasteiger partial charge >= 0.3 is 0 Å². The fourth-order valence-electron chi connectivity index (χ4n) is 1.46. The Morgan fingerprint density at radius 1 is 1.22 bits per heavy atom. The Labute approximate surface area is 110 Å². The van der Waals surface area contributed by atoms with Gasteiger partial charge in [-0.1, -0.05) is 17.7 Å². The lowest BCUT2D eigenvalue weighted by molar-refractivity contribution is 0.373. The molecule has 0 amide bonds. The number of hydrogen-bond donors (Lipinski definition) is 1. The van der Waals surface area contributed by atoms with E-state index in [2.05, 4.69) is 4.98 Å². The summed E-state index contributed by atoms with van der Waals surface area (Å²) in [4.78, 5) is 4.06. The van der Waals surface area contributed by atoms with Crippen molar-refractivity contribution in [2.75, 3.05) is 7.11 Å². The van der Waals surface area contributed by atoms with Crippen LogP contribution in [-0.2, 0) is 6.54 Å². The van der Waals surface area contributed by atoms with Crippen molar-refractivity contribution in [3.05, 3.63) is 47.1 Å². The van der Waals surface area contributed by atoms with Crippen LogP contribution in [0.5, 0.6) is 17.4 Å². The lowest BCUT2D eigenvalue weighted by atomic mass is 10.2. The second kappa shape index (κ2) is 5.71. The molecule has 0 fully saturated rings. The summed E-state index contributed by atoms with van der Waals surface area (Å²) >= 11 is 5.76. The normalized spacial score (nSPS) is 10.2. The third-order valence-corrected chi connectivity index (χ3v) is 2.60. The first kappa shape index (κ1) is 12.7. The smallest absolute Gasteiger partial charge is 0.219 e. The largest absolute Gasteiger partial charge is 0.493 e. The van der Waals surface area contributed by atoms with Gasteiger partial charge in [0, 0.05) is 18.8 Å². The van der Waals surface area contributed by atoms with Gasteiger partial charge in [-0.15, -0.1) is 0 Å². The maximum Gasteiger partial charge on any atom is 0.219 e. The molecular formula is C13H13ClN2O2. The summed E-state index contributed by atoms with van der Waals surface area (Å²) in [5.41, 5.74) is 6.54. The van der Waals surface area contributed by atoms with E-state index < -0.39 is 0 Å². The van der Waals surface area contributed by atoms with Gasteiger partial charge in [0.2, 0.25) is 5.88 Å². The third-order valence-electron chi connectivity index (χ3n) is 2.38. The Hall–Kier alpha value is -1.78. The van der Waals surface area contributed by atoms with Gasteiger partial charge in [-0.2, -0.15) is 0 Å². The molecule has 1 aromatic heterocycles. The highest BCUT2D eigenvalue weighted by Crippen LogP contribution is 2.31. The van der Waals surface area contributed by atoms with Crippen molar-refractivity contribution in [3.63, 3.8) is 0 Å². The van der Waals surface area contributed by atoms with Crippen LogP contribution in [0.2, 0.25) is 5.02 Å². The lowest BCUT2D eigenvalue weighted by Crippen LogP contribution is -1.98. The Morgan fingerprint density at radius 3 is 2.67 bits per heavy atom. The van der Waals surface area contributed by atoms with Crippen molar-refractivity contribution in [1.29, 1.82) is 0 Å². The summed E-state index contributed by atoms with van der Waals surface area (Å²) in [5, 5.41) is 0.563. The molecule has 2 N–H and O–H groups in total. The van der Waals surface area contributed by atoms with Gasteiger partial charge in [0.05, 0.1) is 12.1 Å². The van der Waals surface area contributed by atoms with Gasteiger partial charge in [-0.05, 0) is 23.8 Å². The predicted molar refractivity (Wildman–Crippen MR) is 70.2 cm³/mol. The first-order valence-electron chi connectivity index (χ1n) is 5.39. The van der Waals surface area contributed by atoms with Gasteiger partial charge in [0.25, 0.3) is 0 Å². The average Bonchev–Trinajstić information content (AvgIpc) is 2.41. The minimum Gasteiger partial charge on any atom is -0.493 e. The SMILES string of the molecule is COc1cc(CN)ccc1Oc1ccc(Cl)cn1. The van der Waals surface area contributed by atoms with Crippen molar-refractivity contribution in [2.24, 2.45) is 5.73 Å².